The van der Waals surface area contributed by atoms with Crippen LogP contribution in [-0.2, 0) is 6.54 Å². The van der Waals surface area contributed by atoms with Gasteiger partial charge in [0.2, 0.25) is 0 Å². The summed E-state index contributed by atoms with van der Waals surface area (Å²) < 4.78 is 5.53. The fourth-order valence-electron chi connectivity index (χ4n) is 4.34. The minimum absolute atomic E-state index is 0. The molecule has 4 rings (SSSR count). The van der Waals surface area contributed by atoms with Crippen LogP contribution in [-0.4, -0.2) is 82.4 Å². The highest BCUT2D eigenvalue weighted by atomic mass is 127. The van der Waals surface area contributed by atoms with Gasteiger partial charge in [0, 0.05) is 65.1 Å². The normalized spacial score (nSPS) is 19.2. The second kappa shape index (κ2) is 12.3. The first-order valence-corrected chi connectivity index (χ1v) is 11.4. The molecule has 1 atom stereocenters. The average Bonchev–Trinajstić information content (AvgIpc) is 3.30. The number of likely N-dealkylation sites (N-methyl/N-ethyl adjacent to an activating group) is 1. The van der Waals surface area contributed by atoms with E-state index >= 15 is 0 Å². The lowest BCUT2D eigenvalue weighted by molar-refractivity contribution is 0.312. The van der Waals surface area contributed by atoms with Crippen LogP contribution in [0.25, 0.3) is 0 Å². The maximum absolute atomic E-state index is 5.53. The summed E-state index contributed by atoms with van der Waals surface area (Å²) in [5.41, 5.74) is 2.36. The zero-order chi connectivity index (χ0) is 22.3. The third kappa shape index (κ3) is 6.63. The lowest BCUT2D eigenvalue weighted by Crippen LogP contribution is -2.45. The van der Waals surface area contributed by atoms with Gasteiger partial charge < -0.3 is 30.1 Å². The van der Waals surface area contributed by atoms with E-state index in [2.05, 4.69) is 66.6 Å². The van der Waals surface area contributed by atoms with Gasteiger partial charge in [0.15, 0.2) is 5.96 Å². The zero-order valence-electron chi connectivity index (χ0n) is 19.8. The molecule has 0 bridgehead atoms. The first-order chi connectivity index (χ1) is 15.7. The summed E-state index contributed by atoms with van der Waals surface area (Å²) in [6, 6.07) is 12.8. The van der Waals surface area contributed by atoms with Crippen molar-refractivity contribution >= 4 is 41.4 Å². The summed E-state index contributed by atoms with van der Waals surface area (Å²) in [5.74, 6) is 2.81. The molecular formula is C24H36IN7O. The van der Waals surface area contributed by atoms with Crippen LogP contribution in [0.5, 0.6) is 5.75 Å². The molecular weight excluding hydrogens is 529 g/mol. The van der Waals surface area contributed by atoms with Crippen molar-refractivity contribution in [3.05, 3.63) is 48.2 Å². The van der Waals surface area contributed by atoms with Crippen LogP contribution in [0.1, 0.15) is 12.0 Å². The summed E-state index contributed by atoms with van der Waals surface area (Å²) in [4.78, 5) is 16.1. The van der Waals surface area contributed by atoms with Crippen LogP contribution in [0.15, 0.2) is 47.6 Å². The second-order valence-corrected chi connectivity index (χ2v) is 8.49. The molecule has 2 N–H and O–H groups in total. The van der Waals surface area contributed by atoms with E-state index in [1.54, 1.807) is 7.11 Å². The standard InChI is InChI=1S/C24H35N7O.HI/c1-25-24(28-20-9-11-31(18-20)21-6-4-5-7-22(21)32-3)27-17-19-8-10-26-23(16-19)30-14-12-29(2)13-15-30;/h4-8,10,16,20H,9,11-15,17-18H2,1-3H3,(H2,25,27,28);1H. The molecule has 33 heavy (non-hydrogen) atoms. The number of rotatable bonds is 6. The van der Waals surface area contributed by atoms with Crippen molar-refractivity contribution < 1.29 is 4.74 Å². The molecule has 0 radical (unpaired) electrons. The SMILES string of the molecule is CN=C(NCc1ccnc(N2CCN(C)CC2)c1)NC1CCN(c2ccccc2OC)C1.I. The largest absolute Gasteiger partial charge is 0.495 e. The lowest BCUT2D eigenvalue weighted by atomic mass is 10.2. The minimum Gasteiger partial charge on any atom is -0.495 e. The van der Waals surface area contributed by atoms with Crippen molar-refractivity contribution in [1.82, 2.24) is 20.5 Å². The Morgan fingerprint density at radius 2 is 1.91 bits per heavy atom. The quantitative estimate of drug-likeness (QED) is 0.317. The van der Waals surface area contributed by atoms with Crippen molar-refractivity contribution in [2.24, 2.45) is 4.99 Å². The Morgan fingerprint density at radius 3 is 2.67 bits per heavy atom. The van der Waals surface area contributed by atoms with Gasteiger partial charge in [-0.2, -0.15) is 0 Å². The van der Waals surface area contributed by atoms with E-state index in [1.165, 1.54) is 5.56 Å². The molecule has 0 amide bonds. The van der Waals surface area contributed by atoms with E-state index in [9.17, 15) is 0 Å². The Kier molecular flexibility index (Phi) is 9.42. The number of guanidine groups is 1. The number of piperazine rings is 1. The number of benzene rings is 1. The average molecular weight is 566 g/mol. The lowest BCUT2D eigenvalue weighted by Gasteiger charge is -2.33. The smallest absolute Gasteiger partial charge is 0.191 e. The van der Waals surface area contributed by atoms with Gasteiger partial charge in [-0.25, -0.2) is 4.98 Å². The summed E-state index contributed by atoms with van der Waals surface area (Å²) >= 11 is 0. The maximum atomic E-state index is 5.53. The van der Waals surface area contributed by atoms with Crippen molar-refractivity contribution in [2.75, 3.05) is 70.3 Å². The highest BCUT2D eigenvalue weighted by Gasteiger charge is 2.25. The summed E-state index contributed by atoms with van der Waals surface area (Å²) in [6.07, 6.45) is 2.96. The number of anilines is 2. The fraction of sp³-hybridized carbons (Fsp3) is 0.500. The number of nitrogens with one attached hydrogen (secondary N) is 2. The number of hydrogen-bond acceptors (Lipinski definition) is 6. The van der Waals surface area contributed by atoms with Gasteiger partial charge >= 0.3 is 0 Å². The zero-order valence-corrected chi connectivity index (χ0v) is 22.2. The summed E-state index contributed by atoms with van der Waals surface area (Å²) in [7, 11) is 5.72. The van der Waals surface area contributed by atoms with Crippen LogP contribution in [0.2, 0.25) is 0 Å². The number of pyridine rings is 1. The Balaban J connectivity index is 0.00000306. The van der Waals surface area contributed by atoms with Crippen molar-refractivity contribution in [3.63, 3.8) is 0 Å². The van der Waals surface area contributed by atoms with E-state index in [0.29, 0.717) is 12.6 Å². The van der Waals surface area contributed by atoms with E-state index < -0.39 is 0 Å². The van der Waals surface area contributed by atoms with Crippen LogP contribution in [0.3, 0.4) is 0 Å². The van der Waals surface area contributed by atoms with E-state index in [4.69, 9.17) is 4.74 Å². The monoisotopic (exact) mass is 565 g/mol. The van der Waals surface area contributed by atoms with Gasteiger partial charge in [-0.15, -0.1) is 24.0 Å². The number of aliphatic imine (C=N–C) groups is 1. The Bertz CT molecular complexity index is 917. The predicted octanol–water partition coefficient (Wildman–Crippen LogP) is 2.40. The first kappa shape index (κ1) is 25.4. The number of methoxy groups -OCH3 is 1. The molecule has 2 aromatic rings. The molecule has 2 fully saturated rings. The number of ether oxygens (including phenoxy) is 1. The van der Waals surface area contributed by atoms with Crippen LogP contribution in [0, 0.1) is 0 Å². The van der Waals surface area contributed by atoms with E-state index in [1.807, 2.05) is 25.4 Å². The van der Waals surface area contributed by atoms with E-state index in [0.717, 1.165) is 68.9 Å². The van der Waals surface area contributed by atoms with Gasteiger partial charge in [0.05, 0.1) is 12.8 Å². The minimum atomic E-state index is 0. The highest BCUT2D eigenvalue weighted by Crippen LogP contribution is 2.30. The Hall–Kier alpha value is -2.27. The molecule has 1 aromatic heterocycles. The predicted molar refractivity (Wildman–Crippen MR) is 146 cm³/mol. The second-order valence-electron chi connectivity index (χ2n) is 8.49. The topological polar surface area (TPSA) is 68.3 Å². The van der Waals surface area contributed by atoms with Gasteiger partial charge in [-0.05, 0) is 43.3 Å². The molecule has 0 spiro atoms. The van der Waals surface area contributed by atoms with Crippen LogP contribution < -0.4 is 25.2 Å². The van der Waals surface area contributed by atoms with Crippen LogP contribution >= 0.6 is 24.0 Å². The van der Waals surface area contributed by atoms with Gasteiger partial charge in [-0.1, -0.05) is 12.1 Å². The van der Waals surface area contributed by atoms with E-state index in [-0.39, 0.29) is 24.0 Å². The molecule has 2 aliphatic rings. The third-order valence-corrected chi connectivity index (χ3v) is 6.28. The molecule has 1 aromatic carbocycles. The molecule has 9 heteroatoms. The molecule has 1 unspecified atom stereocenters. The molecule has 180 valence electrons. The Morgan fingerprint density at radius 1 is 1.12 bits per heavy atom. The first-order valence-electron chi connectivity index (χ1n) is 11.4. The molecule has 8 nitrogen and oxygen atoms in total. The summed E-state index contributed by atoms with van der Waals surface area (Å²) in [6.45, 7) is 6.83. The van der Waals surface area contributed by atoms with Gasteiger partial charge in [0.25, 0.3) is 0 Å². The Labute approximate surface area is 214 Å². The number of hydrogen-bond donors (Lipinski definition) is 2. The molecule has 0 aliphatic carbocycles. The van der Waals surface area contributed by atoms with Gasteiger partial charge in [0.1, 0.15) is 11.6 Å². The number of aromatic nitrogens is 1. The number of nitrogens with zero attached hydrogens (tertiary/aromatic N) is 5. The van der Waals surface area contributed by atoms with Crippen molar-refractivity contribution in [3.8, 4) is 5.75 Å². The van der Waals surface area contributed by atoms with Crippen molar-refractivity contribution in [2.45, 2.75) is 19.0 Å². The molecule has 0 saturated carbocycles. The van der Waals surface area contributed by atoms with Crippen molar-refractivity contribution in [1.29, 1.82) is 0 Å². The summed E-state index contributed by atoms with van der Waals surface area (Å²) in [5, 5.41) is 7.05. The molecule has 3 heterocycles. The third-order valence-electron chi connectivity index (χ3n) is 6.28. The number of para-hydroxylation sites is 2. The van der Waals surface area contributed by atoms with Crippen LogP contribution in [0.4, 0.5) is 11.5 Å². The number of halogens is 1. The van der Waals surface area contributed by atoms with Gasteiger partial charge in [-0.3, -0.25) is 4.99 Å². The molecule has 2 aliphatic heterocycles. The molecule has 2 saturated heterocycles. The fourth-order valence-corrected chi connectivity index (χ4v) is 4.34. The highest BCUT2D eigenvalue weighted by molar-refractivity contribution is 14.0. The maximum Gasteiger partial charge on any atom is 0.191 e.